The van der Waals surface area contributed by atoms with E-state index in [1.54, 1.807) is 6.92 Å². The molecule has 0 aliphatic carbocycles. The maximum absolute atomic E-state index is 12.4. The molecule has 0 saturated carbocycles. The number of carbonyl (C=O) groups excluding carboxylic acids is 2. The van der Waals surface area contributed by atoms with Crippen LogP contribution in [0.5, 0.6) is 0 Å². The van der Waals surface area contributed by atoms with E-state index in [2.05, 4.69) is 15.5 Å². The molecule has 8 heteroatoms. The number of nitrogens with zero attached hydrogens (tertiary/aromatic N) is 2. The van der Waals surface area contributed by atoms with E-state index in [0.29, 0.717) is 38.5 Å². The largest absolute Gasteiger partial charge is 0.379 e. The number of aromatic amines is 1. The van der Waals surface area contributed by atoms with E-state index in [1.165, 1.54) is 6.07 Å². The minimum absolute atomic E-state index is 0.124. The fourth-order valence-electron chi connectivity index (χ4n) is 3.08. The molecule has 1 aromatic rings. The lowest BCUT2D eigenvalue weighted by Crippen LogP contribution is -2.53. The highest BCUT2D eigenvalue weighted by molar-refractivity contribution is 5.92. The van der Waals surface area contributed by atoms with Crippen LogP contribution in [0.2, 0.25) is 0 Å². The van der Waals surface area contributed by atoms with Crippen LogP contribution in [-0.4, -0.2) is 59.8 Å². The third-order valence-corrected chi connectivity index (χ3v) is 4.62. The first-order valence-corrected chi connectivity index (χ1v) is 8.11. The fraction of sp³-hybridized carbons (Fsp3) is 0.625. The lowest BCUT2D eigenvalue weighted by atomic mass is 9.87. The predicted molar refractivity (Wildman–Crippen MR) is 85.5 cm³/mol. The number of nitrogens with one attached hydrogen (secondary N) is 2. The van der Waals surface area contributed by atoms with Gasteiger partial charge in [0.05, 0.1) is 18.6 Å². The highest BCUT2D eigenvalue weighted by Gasteiger charge is 2.45. The predicted octanol–water partition coefficient (Wildman–Crippen LogP) is -0.307. The smallest absolute Gasteiger partial charge is 0.275 e. The van der Waals surface area contributed by atoms with E-state index in [4.69, 9.17) is 4.74 Å². The molecule has 0 spiro atoms. The average Bonchev–Trinajstić information content (AvgIpc) is 2.98. The van der Waals surface area contributed by atoms with Crippen molar-refractivity contribution in [2.45, 2.75) is 20.3 Å². The molecule has 130 valence electrons. The molecular weight excluding hydrogens is 312 g/mol. The van der Waals surface area contributed by atoms with Crippen LogP contribution in [0.3, 0.4) is 0 Å². The van der Waals surface area contributed by atoms with Crippen LogP contribution in [-0.2, 0) is 9.53 Å². The number of carbonyl (C=O) groups is 2. The summed E-state index contributed by atoms with van der Waals surface area (Å²) < 4.78 is 5.15. The van der Waals surface area contributed by atoms with Gasteiger partial charge in [-0.2, -0.15) is 5.10 Å². The molecule has 2 aliphatic rings. The summed E-state index contributed by atoms with van der Waals surface area (Å²) in [7, 11) is 0. The number of H-pyrrole nitrogens is 1. The molecule has 2 amide bonds. The van der Waals surface area contributed by atoms with Crippen LogP contribution in [0.25, 0.3) is 0 Å². The summed E-state index contributed by atoms with van der Waals surface area (Å²) in [6.45, 7) is 6.31. The van der Waals surface area contributed by atoms with Crippen molar-refractivity contribution in [3.8, 4) is 0 Å². The molecule has 3 rings (SSSR count). The van der Waals surface area contributed by atoms with Crippen molar-refractivity contribution in [2.24, 2.45) is 11.3 Å². The molecule has 2 aliphatic heterocycles. The van der Waals surface area contributed by atoms with Crippen LogP contribution in [0.1, 0.15) is 29.5 Å². The molecule has 1 unspecified atom stereocenters. The molecule has 2 N–H and O–H groups in total. The molecule has 2 fully saturated rings. The Hall–Kier alpha value is -2.22. The molecular formula is C16H22N4O4. The van der Waals surface area contributed by atoms with Crippen molar-refractivity contribution in [1.82, 2.24) is 20.4 Å². The third-order valence-electron chi connectivity index (χ3n) is 4.62. The second kappa shape index (κ2) is 6.35. The third kappa shape index (κ3) is 3.19. The summed E-state index contributed by atoms with van der Waals surface area (Å²) in [6.07, 6.45) is 0.834. The monoisotopic (exact) mass is 334 g/mol. The Morgan fingerprint density at radius 3 is 2.88 bits per heavy atom. The minimum Gasteiger partial charge on any atom is -0.379 e. The molecule has 0 aromatic carbocycles. The van der Waals surface area contributed by atoms with Crippen molar-refractivity contribution in [3.05, 3.63) is 27.7 Å². The van der Waals surface area contributed by atoms with Gasteiger partial charge in [-0.15, -0.1) is 0 Å². The Labute approximate surface area is 139 Å². The first-order chi connectivity index (χ1) is 11.4. The minimum atomic E-state index is -0.486. The lowest BCUT2D eigenvalue weighted by molar-refractivity contribution is -0.167. The van der Waals surface area contributed by atoms with Crippen molar-refractivity contribution in [1.29, 1.82) is 0 Å². The number of aromatic nitrogens is 2. The van der Waals surface area contributed by atoms with E-state index in [0.717, 1.165) is 6.42 Å². The lowest BCUT2D eigenvalue weighted by Gasteiger charge is -2.39. The van der Waals surface area contributed by atoms with E-state index < -0.39 is 16.8 Å². The summed E-state index contributed by atoms with van der Waals surface area (Å²) in [4.78, 5) is 38.1. The van der Waals surface area contributed by atoms with Gasteiger partial charge in [-0.3, -0.25) is 19.5 Å². The van der Waals surface area contributed by atoms with E-state index in [9.17, 15) is 14.4 Å². The van der Waals surface area contributed by atoms with Crippen molar-refractivity contribution < 1.29 is 14.3 Å². The quantitative estimate of drug-likeness (QED) is 0.786. The second-order valence-electron chi connectivity index (χ2n) is 6.93. The van der Waals surface area contributed by atoms with Gasteiger partial charge in [0.2, 0.25) is 11.3 Å². The number of amides is 2. The van der Waals surface area contributed by atoms with Crippen molar-refractivity contribution in [2.75, 3.05) is 32.8 Å². The van der Waals surface area contributed by atoms with Crippen molar-refractivity contribution >= 4 is 11.8 Å². The van der Waals surface area contributed by atoms with Gasteiger partial charge in [0.25, 0.3) is 5.91 Å². The van der Waals surface area contributed by atoms with Crippen LogP contribution < -0.4 is 10.7 Å². The van der Waals surface area contributed by atoms with Crippen LogP contribution in [0.15, 0.2) is 10.9 Å². The molecule has 3 heterocycles. The summed E-state index contributed by atoms with van der Waals surface area (Å²) in [5.41, 5.74) is -0.317. The van der Waals surface area contributed by atoms with E-state index in [1.807, 2.05) is 11.8 Å². The van der Waals surface area contributed by atoms with Gasteiger partial charge in [0.15, 0.2) is 5.69 Å². The second-order valence-corrected chi connectivity index (χ2v) is 6.93. The van der Waals surface area contributed by atoms with Gasteiger partial charge in [0, 0.05) is 31.4 Å². The topological polar surface area (TPSA) is 104 Å². The summed E-state index contributed by atoms with van der Waals surface area (Å²) in [6, 6.07) is 1.35. The van der Waals surface area contributed by atoms with Crippen LogP contribution in [0.4, 0.5) is 0 Å². The zero-order valence-electron chi connectivity index (χ0n) is 13.9. The van der Waals surface area contributed by atoms with Crippen LogP contribution >= 0.6 is 0 Å². The van der Waals surface area contributed by atoms with Gasteiger partial charge >= 0.3 is 0 Å². The van der Waals surface area contributed by atoms with Crippen LogP contribution in [0, 0.1) is 18.3 Å². The average molecular weight is 334 g/mol. The standard InChI is InChI=1S/C16H22N4O4/c1-10-5-12(21)13(19-18-10)14(22)17-6-11-3-4-20(7-11)15(23)16(2)8-24-9-16/h5,11H,3-4,6-9H2,1-2H3,(H,17,22)(H,18,21). The SMILES string of the molecule is Cc1cc(=O)c(C(=O)NCC2CCN(C(=O)C3(C)COC3)C2)n[nH]1. The maximum Gasteiger partial charge on any atom is 0.275 e. The number of hydrogen-bond donors (Lipinski definition) is 2. The van der Waals surface area contributed by atoms with Gasteiger partial charge in [0.1, 0.15) is 0 Å². The Morgan fingerprint density at radius 1 is 1.50 bits per heavy atom. The summed E-state index contributed by atoms with van der Waals surface area (Å²) in [5.74, 6) is -0.174. The summed E-state index contributed by atoms with van der Waals surface area (Å²) >= 11 is 0. The molecule has 0 bridgehead atoms. The van der Waals surface area contributed by atoms with E-state index in [-0.39, 0.29) is 17.5 Å². The van der Waals surface area contributed by atoms with Gasteiger partial charge < -0.3 is 15.0 Å². The van der Waals surface area contributed by atoms with Crippen molar-refractivity contribution in [3.63, 3.8) is 0 Å². The zero-order chi connectivity index (χ0) is 17.3. The van der Waals surface area contributed by atoms with Gasteiger partial charge in [-0.05, 0) is 26.2 Å². The Balaban J connectivity index is 1.52. The van der Waals surface area contributed by atoms with E-state index >= 15 is 0 Å². The number of rotatable bonds is 4. The van der Waals surface area contributed by atoms with Gasteiger partial charge in [-0.1, -0.05) is 0 Å². The summed E-state index contributed by atoms with van der Waals surface area (Å²) in [5, 5.41) is 9.16. The molecule has 24 heavy (non-hydrogen) atoms. The number of ether oxygens (including phenoxy) is 1. The molecule has 0 radical (unpaired) electrons. The maximum atomic E-state index is 12.4. The Kier molecular flexibility index (Phi) is 4.40. The molecule has 8 nitrogen and oxygen atoms in total. The highest BCUT2D eigenvalue weighted by Crippen LogP contribution is 2.31. The highest BCUT2D eigenvalue weighted by atomic mass is 16.5. The first kappa shape index (κ1) is 16.6. The molecule has 1 atom stereocenters. The Bertz CT molecular complexity index is 710. The molecule has 1 aromatic heterocycles. The fourth-order valence-corrected chi connectivity index (χ4v) is 3.08. The number of hydrogen-bond acceptors (Lipinski definition) is 5. The first-order valence-electron chi connectivity index (χ1n) is 8.11. The molecule has 2 saturated heterocycles. The zero-order valence-corrected chi connectivity index (χ0v) is 13.9. The normalized spacial score (nSPS) is 22.1. The Morgan fingerprint density at radius 2 is 2.25 bits per heavy atom. The number of likely N-dealkylation sites (tertiary alicyclic amines) is 1. The number of aryl methyl sites for hydroxylation is 1. The van der Waals surface area contributed by atoms with Gasteiger partial charge in [-0.25, -0.2) is 0 Å².